The summed E-state index contributed by atoms with van der Waals surface area (Å²) in [6, 6.07) is 6.95. The molecular formula is C14H12FN3O2. The van der Waals surface area contributed by atoms with E-state index in [9.17, 15) is 9.18 Å². The van der Waals surface area contributed by atoms with Gasteiger partial charge in [-0.2, -0.15) is 5.26 Å². The van der Waals surface area contributed by atoms with Gasteiger partial charge in [-0.25, -0.2) is 9.37 Å². The van der Waals surface area contributed by atoms with E-state index in [4.69, 9.17) is 10.00 Å². The molecule has 2 aromatic rings. The number of nitrogens with zero attached hydrogens (tertiary/aromatic N) is 2. The van der Waals surface area contributed by atoms with E-state index >= 15 is 0 Å². The second-order valence-electron chi connectivity index (χ2n) is 4.05. The Morgan fingerprint density at radius 1 is 1.40 bits per heavy atom. The van der Waals surface area contributed by atoms with Crippen LogP contribution in [0, 0.1) is 17.1 Å². The summed E-state index contributed by atoms with van der Waals surface area (Å²) in [5.41, 5.74) is 0.505. The molecule has 0 spiro atoms. The highest BCUT2D eigenvalue weighted by molar-refractivity contribution is 5.61. The number of hydrogen-bond acceptors (Lipinski definition) is 4. The number of aromatic amines is 1. The Bertz CT molecular complexity index is 719. The quantitative estimate of drug-likeness (QED) is 0.923. The van der Waals surface area contributed by atoms with Gasteiger partial charge in [0.25, 0.3) is 5.56 Å². The standard InChI is InChI=1S/C14H12FN3O2/c1-2-20-8-13-17-12(6-14(19)18-13)10-3-9(7-16)4-11(15)5-10/h3-6H,2,8H2,1H3,(H,17,18,19). The summed E-state index contributed by atoms with van der Waals surface area (Å²) in [7, 11) is 0. The van der Waals surface area contributed by atoms with Crippen molar-refractivity contribution in [2.24, 2.45) is 0 Å². The van der Waals surface area contributed by atoms with Crippen molar-refractivity contribution in [1.29, 1.82) is 5.26 Å². The molecule has 1 aromatic heterocycles. The van der Waals surface area contributed by atoms with Gasteiger partial charge >= 0.3 is 0 Å². The van der Waals surface area contributed by atoms with Crippen LogP contribution in [-0.4, -0.2) is 16.6 Å². The smallest absolute Gasteiger partial charge is 0.251 e. The van der Waals surface area contributed by atoms with E-state index in [1.165, 1.54) is 18.2 Å². The first-order valence-electron chi connectivity index (χ1n) is 6.01. The van der Waals surface area contributed by atoms with Crippen LogP contribution in [0.25, 0.3) is 11.3 Å². The zero-order valence-electron chi connectivity index (χ0n) is 10.8. The molecule has 1 heterocycles. The minimum Gasteiger partial charge on any atom is -0.374 e. The normalized spacial score (nSPS) is 10.2. The fourth-order valence-corrected chi connectivity index (χ4v) is 1.73. The van der Waals surface area contributed by atoms with E-state index in [-0.39, 0.29) is 17.7 Å². The molecule has 2 rings (SSSR count). The van der Waals surface area contributed by atoms with Gasteiger partial charge in [0.15, 0.2) is 0 Å². The van der Waals surface area contributed by atoms with Crippen molar-refractivity contribution in [3.8, 4) is 17.3 Å². The molecule has 5 nitrogen and oxygen atoms in total. The second kappa shape index (κ2) is 6.08. The SMILES string of the molecule is CCOCc1nc(-c2cc(F)cc(C#N)c2)cc(=O)[nH]1. The molecule has 0 saturated carbocycles. The fourth-order valence-electron chi connectivity index (χ4n) is 1.73. The Labute approximate surface area is 114 Å². The van der Waals surface area contributed by atoms with Gasteiger partial charge < -0.3 is 9.72 Å². The fraction of sp³-hybridized carbons (Fsp3) is 0.214. The van der Waals surface area contributed by atoms with Crippen molar-refractivity contribution in [3.63, 3.8) is 0 Å². The third kappa shape index (κ3) is 3.28. The van der Waals surface area contributed by atoms with Crippen molar-refractivity contribution < 1.29 is 9.13 Å². The molecule has 0 atom stereocenters. The maximum Gasteiger partial charge on any atom is 0.251 e. The lowest BCUT2D eigenvalue weighted by atomic mass is 10.1. The molecule has 20 heavy (non-hydrogen) atoms. The van der Waals surface area contributed by atoms with Gasteiger partial charge in [-0.15, -0.1) is 0 Å². The summed E-state index contributed by atoms with van der Waals surface area (Å²) in [5.74, 6) is -0.190. The highest BCUT2D eigenvalue weighted by Gasteiger charge is 2.07. The van der Waals surface area contributed by atoms with Crippen LogP contribution in [0.2, 0.25) is 0 Å². The molecule has 0 fully saturated rings. The van der Waals surface area contributed by atoms with Gasteiger partial charge in [-0.1, -0.05) is 0 Å². The Hall–Kier alpha value is -2.52. The van der Waals surface area contributed by atoms with Crippen LogP contribution in [0.1, 0.15) is 18.3 Å². The zero-order valence-corrected chi connectivity index (χ0v) is 10.8. The van der Waals surface area contributed by atoms with Gasteiger partial charge in [-0.3, -0.25) is 4.79 Å². The Kier molecular flexibility index (Phi) is 4.23. The highest BCUT2D eigenvalue weighted by Crippen LogP contribution is 2.19. The lowest BCUT2D eigenvalue weighted by molar-refractivity contribution is 0.128. The van der Waals surface area contributed by atoms with Gasteiger partial charge in [0.2, 0.25) is 0 Å². The lowest BCUT2D eigenvalue weighted by Crippen LogP contribution is -2.12. The van der Waals surface area contributed by atoms with E-state index < -0.39 is 5.82 Å². The molecule has 0 radical (unpaired) electrons. The number of aromatic nitrogens is 2. The van der Waals surface area contributed by atoms with Crippen LogP contribution in [0.4, 0.5) is 4.39 Å². The topological polar surface area (TPSA) is 78.8 Å². The molecule has 0 amide bonds. The Balaban J connectivity index is 2.47. The molecule has 0 aliphatic heterocycles. The highest BCUT2D eigenvalue weighted by atomic mass is 19.1. The molecule has 0 aliphatic carbocycles. The van der Waals surface area contributed by atoms with E-state index in [2.05, 4.69) is 9.97 Å². The largest absolute Gasteiger partial charge is 0.374 e. The molecule has 1 aromatic carbocycles. The minimum absolute atomic E-state index is 0.167. The van der Waals surface area contributed by atoms with Crippen molar-refractivity contribution in [1.82, 2.24) is 9.97 Å². The number of nitriles is 1. The minimum atomic E-state index is -0.549. The third-order valence-electron chi connectivity index (χ3n) is 2.56. The van der Waals surface area contributed by atoms with Gasteiger partial charge in [0.1, 0.15) is 18.2 Å². The molecule has 0 saturated heterocycles. The average Bonchev–Trinajstić information content (AvgIpc) is 2.43. The number of ether oxygens (including phenoxy) is 1. The van der Waals surface area contributed by atoms with Crippen LogP contribution in [0.5, 0.6) is 0 Å². The summed E-state index contributed by atoms with van der Waals surface area (Å²) < 4.78 is 18.6. The maximum atomic E-state index is 13.4. The first-order valence-corrected chi connectivity index (χ1v) is 6.01. The lowest BCUT2D eigenvalue weighted by Gasteiger charge is -2.05. The molecular weight excluding hydrogens is 261 g/mol. The van der Waals surface area contributed by atoms with Gasteiger partial charge in [0.05, 0.1) is 17.3 Å². The van der Waals surface area contributed by atoms with Gasteiger partial charge in [-0.05, 0) is 25.1 Å². The monoisotopic (exact) mass is 273 g/mol. The summed E-state index contributed by atoms with van der Waals surface area (Å²) in [4.78, 5) is 18.3. The zero-order chi connectivity index (χ0) is 14.5. The molecule has 0 aliphatic rings. The third-order valence-corrected chi connectivity index (χ3v) is 2.56. The molecule has 1 N–H and O–H groups in total. The van der Waals surface area contributed by atoms with Crippen LogP contribution < -0.4 is 5.56 Å². The van der Waals surface area contributed by atoms with Crippen LogP contribution in [0.15, 0.2) is 29.1 Å². The van der Waals surface area contributed by atoms with Crippen LogP contribution >= 0.6 is 0 Å². The average molecular weight is 273 g/mol. The Morgan fingerprint density at radius 3 is 2.90 bits per heavy atom. The number of benzene rings is 1. The van der Waals surface area contributed by atoms with Crippen LogP contribution in [0.3, 0.4) is 0 Å². The van der Waals surface area contributed by atoms with E-state index in [1.54, 1.807) is 0 Å². The van der Waals surface area contributed by atoms with E-state index in [0.29, 0.717) is 23.7 Å². The van der Waals surface area contributed by atoms with Gasteiger partial charge in [0, 0.05) is 18.2 Å². The van der Waals surface area contributed by atoms with Crippen molar-refractivity contribution in [2.45, 2.75) is 13.5 Å². The molecule has 0 bridgehead atoms. The summed E-state index contributed by atoms with van der Waals surface area (Å²) in [6.07, 6.45) is 0. The molecule has 6 heteroatoms. The Morgan fingerprint density at radius 2 is 2.20 bits per heavy atom. The predicted molar refractivity (Wildman–Crippen MR) is 70.3 cm³/mol. The number of hydrogen-bond donors (Lipinski definition) is 1. The van der Waals surface area contributed by atoms with E-state index in [1.807, 2.05) is 13.0 Å². The second-order valence-corrected chi connectivity index (χ2v) is 4.05. The summed E-state index contributed by atoms with van der Waals surface area (Å²) in [6.45, 7) is 2.49. The number of nitrogens with one attached hydrogen (secondary N) is 1. The molecule has 0 unspecified atom stereocenters. The summed E-state index contributed by atoms with van der Waals surface area (Å²) in [5, 5.41) is 8.83. The van der Waals surface area contributed by atoms with E-state index in [0.717, 1.165) is 6.07 Å². The van der Waals surface area contributed by atoms with Crippen molar-refractivity contribution in [3.05, 3.63) is 51.8 Å². The summed E-state index contributed by atoms with van der Waals surface area (Å²) >= 11 is 0. The van der Waals surface area contributed by atoms with Crippen LogP contribution in [-0.2, 0) is 11.3 Å². The number of H-pyrrole nitrogens is 1. The maximum absolute atomic E-state index is 13.4. The molecule has 102 valence electrons. The van der Waals surface area contributed by atoms with Crippen molar-refractivity contribution >= 4 is 0 Å². The predicted octanol–water partition coefficient (Wildman–Crippen LogP) is 1.98. The number of halogens is 1. The van der Waals surface area contributed by atoms with Crippen molar-refractivity contribution in [2.75, 3.05) is 6.61 Å². The first-order chi connectivity index (χ1) is 9.62. The first kappa shape index (κ1) is 13.9. The number of rotatable bonds is 4.